The molecule has 0 spiro atoms. The van der Waals surface area contributed by atoms with Gasteiger partial charge in [-0.25, -0.2) is 8.42 Å². The van der Waals surface area contributed by atoms with Gasteiger partial charge in [0.15, 0.2) is 0 Å². The monoisotopic (exact) mass is 430 g/mol. The zero-order chi connectivity index (χ0) is 21.9. The summed E-state index contributed by atoms with van der Waals surface area (Å²) in [4.78, 5) is 26.7. The maximum Gasteiger partial charge on any atom is 0.308 e. The van der Waals surface area contributed by atoms with Crippen molar-refractivity contribution in [3.05, 3.63) is 59.7 Å². The van der Waals surface area contributed by atoms with E-state index in [1.54, 1.807) is 53.4 Å². The molecule has 1 heterocycles. The smallest absolute Gasteiger partial charge is 0.308 e. The van der Waals surface area contributed by atoms with E-state index < -0.39 is 10.0 Å². The van der Waals surface area contributed by atoms with E-state index in [1.807, 2.05) is 6.92 Å². The van der Waals surface area contributed by atoms with Crippen LogP contribution in [0, 0.1) is 12.8 Å². The zero-order valence-corrected chi connectivity index (χ0v) is 18.2. The van der Waals surface area contributed by atoms with Crippen molar-refractivity contribution < 1.29 is 22.7 Å². The number of para-hydroxylation sites is 1. The van der Waals surface area contributed by atoms with E-state index in [2.05, 4.69) is 0 Å². The van der Waals surface area contributed by atoms with Gasteiger partial charge in [-0.05, 0) is 44.0 Å². The van der Waals surface area contributed by atoms with Gasteiger partial charge in [-0.15, -0.1) is 0 Å². The number of anilines is 1. The summed E-state index contributed by atoms with van der Waals surface area (Å²) in [5, 5.41) is 0. The highest BCUT2D eigenvalue weighted by Gasteiger charge is 2.31. The second-order valence-corrected chi connectivity index (χ2v) is 9.36. The molecule has 0 aromatic heterocycles. The van der Waals surface area contributed by atoms with Gasteiger partial charge in [-0.2, -0.15) is 0 Å². The first-order chi connectivity index (χ1) is 14.3. The highest BCUT2D eigenvalue weighted by molar-refractivity contribution is 7.92. The Hall–Kier alpha value is -2.87. The van der Waals surface area contributed by atoms with E-state index in [0.29, 0.717) is 37.2 Å². The summed E-state index contributed by atoms with van der Waals surface area (Å²) in [5.74, 6) is -0.717. The number of nitrogens with zero attached hydrogens (tertiary/aromatic N) is 2. The molecule has 1 aliphatic rings. The van der Waals surface area contributed by atoms with E-state index in [0.717, 1.165) is 9.87 Å². The molecule has 3 rings (SSSR count). The molecule has 0 aliphatic carbocycles. The number of hydrogen-bond donors (Lipinski definition) is 0. The van der Waals surface area contributed by atoms with E-state index in [1.165, 1.54) is 14.2 Å². The standard InChI is InChI=1S/C22H26N2O5S/c1-16-8-10-18(11-9-16)30(27,28)23(2)20-7-5-4-6-19(20)21(25)24-14-12-17(13-15-24)22(26)29-3/h4-11,17H,12-15H2,1-3H3. The van der Waals surface area contributed by atoms with Crippen molar-refractivity contribution in [3.63, 3.8) is 0 Å². The number of aryl methyl sites for hydroxylation is 1. The van der Waals surface area contributed by atoms with Crippen LogP contribution < -0.4 is 4.31 Å². The number of hydrogen-bond acceptors (Lipinski definition) is 5. The van der Waals surface area contributed by atoms with Crippen LogP contribution in [0.2, 0.25) is 0 Å². The van der Waals surface area contributed by atoms with Crippen LogP contribution >= 0.6 is 0 Å². The first-order valence-electron chi connectivity index (χ1n) is 9.77. The Morgan fingerprint density at radius 2 is 1.63 bits per heavy atom. The summed E-state index contributed by atoms with van der Waals surface area (Å²) in [6.45, 7) is 2.72. The molecule has 0 radical (unpaired) electrons. The number of ether oxygens (including phenoxy) is 1. The Morgan fingerprint density at radius 3 is 2.23 bits per heavy atom. The van der Waals surface area contributed by atoms with Crippen molar-refractivity contribution in [1.82, 2.24) is 4.90 Å². The molecule has 160 valence electrons. The van der Waals surface area contributed by atoms with Crippen LogP contribution in [0.25, 0.3) is 0 Å². The van der Waals surface area contributed by atoms with Gasteiger partial charge in [0.25, 0.3) is 15.9 Å². The first kappa shape index (κ1) is 21.8. The molecule has 0 atom stereocenters. The van der Waals surface area contributed by atoms with E-state index in [9.17, 15) is 18.0 Å². The van der Waals surface area contributed by atoms with Crippen LogP contribution in [0.15, 0.2) is 53.4 Å². The summed E-state index contributed by atoms with van der Waals surface area (Å²) < 4.78 is 32.1. The quantitative estimate of drug-likeness (QED) is 0.681. The number of rotatable bonds is 5. The van der Waals surface area contributed by atoms with Gasteiger partial charge >= 0.3 is 5.97 Å². The number of amides is 1. The van der Waals surface area contributed by atoms with Crippen molar-refractivity contribution in [1.29, 1.82) is 0 Å². The average Bonchev–Trinajstić information content (AvgIpc) is 2.78. The second kappa shape index (κ2) is 8.87. The molecule has 0 bridgehead atoms. The fourth-order valence-electron chi connectivity index (χ4n) is 3.58. The van der Waals surface area contributed by atoms with Gasteiger partial charge in [-0.3, -0.25) is 13.9 Å². The highest BCUT2D eigenvalue weighted by Crippen LogP contribution is 2.28. The van der Waals surface area contributed by atoms with Gasteiger partial charge in [-0.1, -0.05) is 29.8 Å². The van der Waals surface area contributed by atoms with Crippen molar-refractivity contribution in [2.75, 3.05) is 31.6 Å². The molecule has 8 heteroatoms. The molecule has 1 saturated heterocycles. The number of esters is 1. The third kappa shape index (κ3) is 4.33. The third-order valence-electron chi connectivity index (χ3n) is 5.47. The summed E-state index contributed by atoms with van der Waals surface area (Å²) in [5.41, 5.74) is 1.59. The van der Waals surface area contributed by atoms with Crippen LogP contribution in [0.4, 0.5) is 5.69 Å². The van der Waals surface area contributed by atoms with Gasteiger partial charge < -0.3 is 9.64 Å². The Kier molecular flexibility index (Phi) is 6.45. The molecule has 1 amide bonds. The topological polar surface area (TPSA) is 84.0 Å². The molecule has 1 aliphatic heterocycles. The minimum absolute atomic E-state index is 0.164. The first-order valence-corrected chi connectivity index (χ1v) is 11.2. The van der Waals surface area contributed by atoms with Gasteiger partial charge in [0.2, 0.25) is 0 Å². The van der Waals surface area contributed by atoms with Crippen LogP contribution in [0.1, 0.15) is 28.8 Å². The molecule has 2 aromatic rings. The average molecular weight is 431 g/mol. The minimum atomic E-state index is -3.82. The maximum atomic E-state index is 13.2. The lowest BCUT2D eigenvalue weighted by Crippen LogP contribution is -2.41. The lowest BCUT2D eigenvalue weighted by atomic mass is 9.96. The minimum Gasteiger partial charge on any atom is -0.469 e. The summed E-state index contributed by atoms with van der Waals surface area (Å²) in [7, 11) is -1.01. The molecule has 7 nitrogen and oxygen atoms in total. The predicted molar refractivity (Wildman–Crippen MR) is 114 cm³/mol. The van der Waals surface area contributed by atoms with Gasteiger partial charge in [0.1, 0.15) is 0 Å². The normalized spacial score (nSPS) is 15.0. The van der Waals surface area contributed by atoms with Crippen LogP contribution in [-0.2, 0) is 19.6 Å². The molecule has 30 heavy (non-hydrogen) atoms. The highest BCUT2D eigenvalue weighted by atomic mass is 32.2. The lowest BCUT2D eigenvalue weighted by Gasteiger charge is -2.32. The zero-order valence-electron chi connectivity index (χ0n) is 17.4. The van der Waals surface area contributed by atoms with Crippen molar-refractivity contribution in [2.45, 2.75) is 24.7 Å². The number of carbonyl (C=O) groups excluding carboxylic acids is 2. The molecular weight excluding hydrogens is 404 g/mol. The Morgan fingerprint density at radius 1 is 1.03 bits per heavy atom. The van der Waals surface area contributed by atoms with Crippen LogP contribution in [0.3, 0.4) is 0 Å². The van der Waals surface area contributed by atoms with E-state index in [4.69, 9.17) is 4.74 Å². The second-order valence-electron chi connectivity index (χ2n) is 7.39. The Bertz CT molecular complexity index is 1030. The maximum absolute atomic E-state index is 13.2. The summed E-state index contributed by atoms with van der Waals surface area (Å²) in [6.07, 6.45) is 1.05. The van der Waals surface area contributed by atoms with Gasteiger partial charge in [0, 0.05) is 20.1 Å². The Balaban J connectivity index is 1.85. The molecule has 0 unspecified atom stereocenters. The lowest BCUT2D eigenvalue weighted by molar-refractivity contribution is -0.146. The fourth-order valence-corrected chi connectivity index (χ4v) is 4.80. The fraction of sp³-hybridized carbons (Fsp3) is 0.364. The Labute approximate surface area is 177 Å². The van der Waals surface area contributed by atoms with Gasteiger partial charge in [0.05, 0.1) is 29.2 Å². The molecule has 1 fully saturated rings. The number of benzene rings is 2. The molecule has 2 aromatic carbocycles. The van der Waals surface area contributed by atoms with Crippen molar-refractivity contribution in [3.8, 4) is 0 Å². The number of sulfonamides is 1. The number of piperidine rings is 1. The SMILES string of the molecule is COC(=O)C1CCN(C(=O)c2ccccc2N(C)S(=O)(=O)c2ccc(C)cc2)CC1. The predicted octanol–water partition coefficient (Wildman–Crippen LogP) is 2.85. The summed E-state index contributed by atoms with van der Waals surface area (Å²) >= 11 is 0. The van der Waals surface area contributed by atoms with E-state index in [-0.39, 0.29) is 22.7 Å². The summed E-state index contributed by atoms with van der Waals surface area (Å²) in [6, 6.07) is 13.3. The third-order valence-corrected chi connectivity index (χ3v) is 7.26. The molecular formula is C22H26N2O5S. The van der Waals surface area contributed by atoms with Crippen LogP contribution in [0.5, 0.6) is 0 Å². The van der Waals surface area contributed by atoms with Crippen molar-refractivity contribution in [2.24, 2.45) is 5.92 Å². The number of carbonyl (C=O) groups is 2. The number of methoxy groups -OCH3 is 1. The van der Waals surface area contributed by atoms with E-state index >= 15 is 0 Å². The molecule has 0 N–H and O–H groups in total. The van der Waals surface area contributed by atoms with Crippen molar-refractivity contribution >= 4 is 27.6 Å². The largest absolute Gasteiger partial charge is 0.469 e. The van der Waals surface area contributed by atoms with Crippen LogP contribution in [-0.4, -0.2) is 52.4 Å². The molecule has 0 saturated carbocycles. The number of likely N-dealkylation sites (tertiary alicyclic amines) is 1.